The predicted molar refractivity (Wildman–Crippen MR) is 113 cm³/mol. The zero-order chi connectivity index (χ0) is 22.0. The van der Waals surface area contributed by atoms with Crippen molar-refractivity contribution in [1.29, 1.82) is 0 Å². The minimum atomic E-state index is -3.60. The van der Waals surface area contributed by atoms with Crippen molar-refractivity contribution in [3.8, 4) is 0 Å². The molecule has 0 amide bonds. The van der Waals surface area contributed by atoms with E-state index >= 15 is 0 Å². The molecule has 0 aromatic rings. The standard InChI is InChI=1S/C20H44O8Si/c1-8-12-15-24-19(11-4)20(25-16-13-9-2,26-17-14-10-3)28-29(22-6,23-7)27-18-21-5/h19H,8-18H2,1-7H3. The number of rotatable bonds is 21. The second-order valence-electron chi connectivity index (χ2n) is 6.69. The van der Waals surface area contributed by atoms with Crippen LogP contribution in [-0.2, 0) is 36.7 Å². The van der Waals surface area contributed by atoms with Crippen LogP contribution in [0.2, 0.25) is 0 Å². The van der Waals surface area contributed by atoms with Crippen LogP contribution in [0.1, 0.15) is 72.6 Å². The third kappa shape index (κ3) is 10.7. The van der Waals surface area contributed by atoms with Crippen molar-refractivity contribution in [2.75, 3.05) is 47.9 Å². The number of ether oxygens (including phenoxy) is 4. The van der Waals surface area contributed by atoms with Gasteiger partial charge in [0.1, 0.15) is 12.9 Å². The van der Waals surface area contributed by atoms with Crippen molar-refractivity contribution < 1.29 is 36.7 Å². The lowest BCUT2D eigenvalue weighted by Gasteiger charge is -2.42. The molecule has 1 unspecified atom stereocenters. The van der Waals surface area contributed by atoms with Gasteiger partial charge in [-0.1, -0.05) is 47.0 Å². The van der Waals surface area contributed by atoms with Gasteiger partial charge < -0.3 is 32.2 Å². The molecule has 0 N–H and O–H groups in total. The Labute approximate surface area is 178 Å². The lowest BCUT2D eigenvalue weighted by Crippen LogP contribution is -2.61. The molecule has 0 radical (unpaired) electrons. The molecule has 0 aromatic heterocycles. The van der Waals surface area contributed by atoms with E-state index in [1.165, 1.54) is 21.3 Å². The lowest BCUT2D eigenvalue weighted by molar-refractivity contribution is -0.405. The molecule has 176 valence electrons. The first kappa shape index (κ1) is 28.9. The average molecular weight is 441 g/mol. The van der Waals surface area contributed by atoms with Gasteiger partial charge in [-0.3, -0.25) is 4.43 Å². The lowest BCUT2D eigenvalue weighted by atomic mass is 10.2. The molecule has 8 nitrogen and oxygen atoms in total. The van der Waals surface area contributed by atoms with Crippen molar-refractivity contribution in [2.45, 2.75) is 84.7 Å². The van der Waals surface area contributed by atoms with Gasteiger partial charge in [0.15, 0.2) is 0 Å². The van der Waals surface area contributed by atoms with Crippen LogP contribution in [0.4, 0.5) is 0 Å². The molecule has 0 fully saturated rings. The first-order valence-electron chi connectivity index (χ1n) is 10.9. The molecule has 0 aliphatic rings. The van der Waals surface area contributed by atoms with Crippen LogP contribution < -0.4 is 0 Å². The highest BCUT2D eigenvalue weighted by atomic mass is 28.4. The van der Waals surface area contributed by atoms with E-state index in [0.717, 1.165) is 38.5 Å². The summed E-state index contributed by atoms with van der Waals surface area (Å²) in [7, 11) is 0.881. The molecule has 0 saturated heterocycles. The second kappa shape index (κ2) is 17.6. The van der Waals surface area contributed by atoms with E-state index < -0.39 is 21.1 Å². The number of hydrogen-bond acceptors (Lipinski definition) is 8. The zero-order valence-corrected chi connectivity index (χ0v) is 20.6. The van der Waals surface area contributed by atoms with Crippen molar-refractivity contribution in [1.82, 2.24) is 0 Å². The summed E-state index contributed by atoms with van der Waals surface area (Å²) in [6, 6.07) is 0. The van der Waals surface area contributed by atoms with Gasteiger partial charge in [0.2, 0.25) is 0 Å². The van der Waals surface area contributed by atoms with Gasteiger partial charge in [-0.15, -0.1) is 0 Å². The molecule has 0 aromatic carbocycles. The Balaban J connectivity index is 5.84. The Morgan fingerprint density at radius 2 is 1.28 bits per heavy atom. The third-order valence-electron chi connectivity index (χ3n) is 4.31. The summed E-state index contributed by atoms with van der Waals surface area (Å²) < 4.78 is 46.8. The van der Waals surface area contributed by atoms with Gasteiger partial charge in [0.05, 0.1) is 13.2 Å². The summed E-state index contributed by atoms with van der Waals surface area (Å²) in [5.74, 6) is -1.49. The Kier molecular flexibility index (Phi) is 17.5. The first-order chi connectivity index (χ1) is 14.0. The second-order valence-corrected chi connectivity index (χ2v) is 9.00. The molecular weight excluding hydrogens is 396 g/mol. The van der Waals surface area contributed by atoms with E-state index in [0.29, 0.717) is 26.2 Å². The fraction of sp³-hybridized carbons (Fsp3) is 1.00. The average Bonchev–Trinajstić information content (AvgIpc) is 2.74. The summed E-state index contributed by atoms with van der Waals surface area (Å²) in [5, 5.41) is 0. The Bertz CT molecular complexity index is 358. The van der Waals surface area contributed by atoms with Gasteiger partial charge >= 0.3 is 15.0 Å². The highest BCUT2D eigenvalue weighted by molar-refractivity contribution is 6.53. The van der Waals surface area contributed by atoms with E-state index in [4.69, 9.17) is 36.7 Å². The maximum absolute atomic E-state index is 6.33. The molecule has 0 saturated carbocycles. The molecule has 0 heterocycles. The summed E-state index contributed by atoms with van der Waals surface area (Å²) in [6.45, 7) is 9.80. The largest absolute Gasteiger partial charge is 0.684 e. The van der Waals surface area contributed by atoms with Gasteiger partial charge in [-0.05, 0) is 25.7 Å². The van der Waals surface area contributed by atoms with Crippen molar-refractivity contribution in [3.63, 3.8) is 0 Å². The van der Waals surface area contributed by atoms with Gasteiger partial charge in [0, 0.05) is 27.9 Å². The smallest absolute Gasteiger partial charge is 0.370 e. The molecule has 29 heavy (non-hydrogen) atoms. The van der Waals surface area contributed by atoms with Gasteiger partial charge in [-0.2, -0.15) is 0 Å². The Hall–Kier alpha value is -0.103. The minimum Gasteiger partial charge on any atom is -0.370 e. The number of hydrogen-bond donors (Lipinski definition) is 0. The molecule has 0 bridgehead atoms. The van der Waals surface area contributed by atoms with Gasteiger partial charge in [-0.25, -0.2) is 0 Å². The van der Waals surface area contributed by atoms with Crippen LogP contribution >= 0.6 is 0 Å². The van der Waals surface area contributed by atoms with Crippen LogP contribution in [0, 0.1) is 0 Å². The van der Waals surface area contributed by atoms with Crippen LogP contribution in [0.5, 0.6) is 0 Å². The Morgan fingerprint density at radius 1 is 0.759 bits per heavy atom. The van der Waals surface area contributed by atoms with Crippen molar-refractivity contribution in [2.24, 2.45) is 0 Å². The molecular formula is C20H44O8Si. The quantitative estimate of drug-likeness (QED) is 0.149. The first-order valence-corrected chi connectivity index (χ1v) is 12.5. The summed E-state index contributed by atoms with van der Waals surface area (Å²) in [4.78, 5) is 0. The molecule has 0 spiro atoms. The van der Waals surface area contributed by atoms with Crippen molar-refractivity contribution >= 4 is 9.05 Å². The maximum Gasteiger partial charge on any atom is 0.684 e. The SMILES string of the molecule is CCCCOC(CC)C(OCCCC)(OCCCC)O[Si](OC)(OC)OCOC. The van der Waals surface area contributed by atoms with E-state index in [1.807, 2.05) is 6.92 Å². The van der Waals surface area contributed by atoms with Crippen molar-refractivity contribution in [3.05, 3.63) is 0 Å². The Morgan fingerprint density at radius 3 is 1.69 bits per heavy atom. The third-order valence-corrected chi connectivity index (χ3v) is 6.31. The van der Waals surface area contributed by atoms with Crippen LogP contribution in [0.25, 0.3) is 0 Å². The maximum atomic E-state index is 6.33. The van der Waals surface area contributed by atoms with Gasteiger partial charge in [0.25, 0.3) is 0 Å². The van der Waals surface area contributed by atoms with E-state index in [-0.39, 0.29) is 6.79 Å². The topological polar surface area (TPSA) is 73.8 Å². The normalized spacial score (nSPS) is 13.8. The summed E-state index contributed by atoms with van der Waals surface area (Å²) in [5.41, 5.74) is 0. The summed E-state index contributed by atoms with van der Waals surface area (Å²) >= 11 is 0. The molecule has 9 heteroatoms. The monoisotopic (exact) mass is 440 g/mol. The highest BCUT2D eigenvalue weighted by Gasteiger charge is 2.56. The zero-order valence-electron chi connectivity index (χ0n) is 19.6. The minimum absolute atomic E-state index is 0.0403. The van der Waals surface area contributed by atoms with E-state index in [2.05, 4.69) is 20.8 Å². The van der Waals surface area contributed by atoms with E-state index in [1.54, 1.807) is 0 Å². The fourth-order valence-electron chi connectivity index (χ4n) is 2.53. The highest BCUT2D eigenvalue weighted by Crippen LogP contribution is 2.31. The predicted octanol–water partition coefficient (Wildman–Crippen LogP) is 4.23. The number of methoxy groups -OCH3 is 1. The molecule has 0 aliphatic carbocycles. The molecule has 0 aliphatic heterocycles. The van der Waals surface area contributed by atoms with Crippen LogP contribution in [-0.4, -0.2) is 69.1 Å². The summed E-state index contributed by atoms with van der Waals surface area (Å²) in [6.07, 6.45) is 5.82. The molecule has 1 atom stereocenters. The fourth-order valence-corrected chi connectivity index (χ4v) is 4.02. The molecule has 0 rings (SSSR count). The van der Waals surface area contributed by atoms with E-state index in [9.17, 15) is 0 Å². The number of unbranched alkanes of at least 4 members (excludes halogenated alkanes) is 3. The van der Waals surface area contributed by atoms with Crippen LogP contribution in [0.15, 0.2) is 0 Å². The van der Waals surface area contributed by atoms with Crippen LogP contribution in [0.3, 0.4) is 0 Å².